The number of hydrogen-bond donors (Lipinski definition) is 1. The lowest BCUT2D eigenvalue weighted by Gasteiger charge is -2.20. The molecule has 1 unspecified atom stereocenters. The van der Waals surface area contributed by atoms with Gasteiger partial charge in [0.2, 0.25) is 10.0 Å². The molecule has 1 atom stereocenters. The van der Waals surface area contributed by atoms with Crippen LogP contribution in [0.3, 0.4) is 0 Å². The fourth-order valence-electron chi connectivity index (χ4n) is 1.26. The highest BCUT2D eigenvalue weighted by Gasteiger charge is 2.22. The third kappa shape index (κ3) is 4.23. The zero-order valence-corrected chi connectivity index (χ0v) is 14.4. The quantitative estimate of drug-likeness (QED) is 0.581. The summed E-state index contributed by atoms with van der Waals surface area (Å²) in [6, 6.07) is 4.18. The van der Waals surface area contributed by atoms with Crippen LogP contribution in [0.2, 0.25) is 10.0 Å². The zero-order valence-electron chi connectivity index (χ0n) is 9.95. The van der Waals surface area contributed by atoms with Crippen LogP contribution in [0.1, 0.15) is 13.8 Å². The molecule has 0 aliphatic carbocycles. The van der Waals surface area contributed by atoms with E-state index in [1.165, 1.54) is 18.2 Å². The van der Waals surface area contributed by atoms with E-state index in [9.17, 15) is 8.42 Å². The molecule has 0 heterocycles. The molecule has 1 N–H and O–H groups in total. The summed E-state index contributed by atoms with van der Waals surface area (Å²) >= 11 is 13.8. The Balaban J connectivity index is 3.02. The largest absolute Gasteiger partial charge is 0.240 e. The summed E-state index contributed by atoms with van der Waals surface area (Å²) in [5.74, 6) is 0.222. The van der Waals surface area contributed by atoms with Gasteiger partial charge in [0.05, 0.1) is 14.9 Å². The van der Waals surface area contributed by atoms with Crippen molar-refractivity contribution in [1.82, 2.24) is 4.72 Å². The van der Waals surface area contributed by atoms with E-state index in [1.807, 2.05) is 13.8 Å². The predicted molar refractivity (Wildman–Crippen MR) is 84.3 cm³/mol. The summed E-state index contributed by atoms with van der Waals surface area (Å²) in [5.41, 5.74) is 0. The Morgan fingerprint density at radius 3 is 2.33 bits per heavy atom. The minimum atomic E-state index is -3.55. The van der Waals surface area contributed by atoms with E-state index >= 15 is 0 Å². The van der Waals surface area contributed by atoms with Crippen molar-refractivity contribution >= 4 is 55.8 Å². The first kappa shape index (κ1) is 16.5. The number of hydrogen-bond acceptors (Lipinski definition) is 2. The van der Waals surface area contributed by atoms with Crippen LogP contribution in [0.4, 0.5) is 0 Å². The van der Waals surface area contributed by atoms with Gasteiger partial charge in [0.15, 0.2) is 0 Å². The molecule has 1 aromatic rings. The Morgan fingerprint density at radius 2 is 1.89 bits per heavy atom. The molecular weight excluding hydrogens is 408 g/mol. The second-order valence-corrected chi connectivity index (χ2v) is 7.61. The number of halogens is 3. The van der Waals surface area contributed by atoms with Crippen molar-refractivity contribution < 1.29 is 8.42 Å². The van der Waals surface area contributed by atoms with Crippen LogP contribution >= 0.6 is 45.8 Å². The monoisotopic (exact) mass is 421 g/mol. The Bertz CT molecular complexity index is 520. The summed E-state index contributed by atoms with van der Waals surface area (Å²) in [6.45, 7) is 3.95. The first-order chi connectivity index (χ1) is 8.27. The molecule has 0 aromatic heterocycles. The summed E-state index contributed by atoms with van der Waals surface area (Å²) in [5, 5.41) is 0.569. The van der Waals surface area contributed by atoms with Gasteiger partial charge in [0.25, 0.3) is 0 Å². The van der Waals surface area contributed by atoms with Crippen LogP contribution in [0, 0.1) is 5.92 Å². The molecule has 0 fully saturated rings. The molecule has 0 saturated carbocycles. The van der Waals surface area contributed by atoms with Crippen molar-refractivity contribution in [2.45, 2.75) is 24.8 Å². The molecule has 0 radical (unpaired) electrons. The number of nitrogens with one attached hydrogen (secondary N) is 1. The Morgan fingerprint density at radius 1 is 1.28 bits per heavy atom. The third-order valence-corrected chi connectivity index (χ3v) is 5.65. The lowest BCUT2D eigenvalue weighted by Crippen LogP contribution is -2.39. The maximum absolute atomic E-state index is 12.2. The van der Waals surface area contributed by atoms with E-state index in [0.717, 1.165) is 0 Å². The normalized spacial score (nSPS) is 13.9. The average Bonchev–Trinajstić information content (AvgIpc) is 2.29. The van der Waals surface area contributed by atoms with Crippen molar-refractivity contribution in [3.8, 4) is 0 Å². The summed E-state index contributed by atoms with van der Waals surface area (Å²) < 4.78 is 27.7. The maximum Gasteiger partial charge on any atom is 0.240 e. The van der Waals surface area contributed by atoms with Gasteiger partial charge in [0, 0.05) is 10.5 Å². The fraction of sp³-hybridized carbons (Fsp3) is 0.455. The SMILES string of the molecule is CC(C)C(CI)NS(=O)(=O)c1ccc(Cl)c(Cl)c1. The smallest absolute Gasteiger partial charge is 0.207 e. The standard InChI is InChI=1S/C11H14Cl2INO2S/c1-7(2)11(6-14)15-18(16,17)8-3-4-9(12)10(13)5-8/h3-5,7,11,15H,6H2,1-2H3. The molecule has 7 heteroatoms. The molecule has 0 bridgehead atoms. The highest BCUT2D eigenvalue weighted by atomic mass is 127. The van der Waals surface area contributed by atoms with Gasteiger partial charge in [0.1, 0.15) is 0 Å². The minimum absolute atomic E-state index is 0.106. The lowest BCUT2D eigenvalue weighted by molar-refractivity contribution is 0.486. The molecule has 1 aromatic carbocycles. The highest BCUT2D eigenvalue weighted by molar-refractivity contribution is 14.1. The van der Waals surface area contributed by atoms with Gasteiger partial charge >= 0.3 is 0 Å². The van der Waals surface area contributed by atoms with E-state index in [-0.39, 0.29) is 21.9 Å². The van der Waals surface area contributed by atoms with Crippen LogP contribution in [0.25, 0.3) is 0 Å². The fourth-order valence-corrected chi connectivity index (χ4v) is 4.57. The minimum Gasteiger partial charge on any atom is -0.207 e. The third-order valence-electron chi connectivity index (χ3n) is 2.48. The van der Waals surface area contributed by atoms with Crippen LogP contribution in [0.5, 0.6) is 0 Å². The molecule has 0 aliphatic rings. The van der Waals surface area contributed by atoms with Gasteiger partial charge in [-0.05, 0) is 24.1 Å². The van der Waals surface area contributed by atoms with Crippen molar-refractivity contribution in [3.63, 3.8) is 0 Å². The van der Waals surface area contributed by atoms with Crippen molar-refractivity contribution in [3.05, 3.63) is 28.2 Å². The van der Waals surface area contributed by atoms with Crippen LogP contribution in [0.15, 0.2) is 23.1 Å². The number of alkyl halides is 1. The Labute approximate surface area is 131 Å². The topological polar surface area (TPSA) is 46.2 Å². The first-order valence-electron chi connectivity index (χ1n) is 5.31. The van der Waals surface area contributed by atoms with E-state index in [0.29, 0.717) is 9.45 Å². The van der Waals surface area contributed by atoms with Gasteiger partial charge in [-0.1, -0.05) is 59.6 Å². The lowest BCUT2D eigenvalue weighted by atomic mass is 10.1. The van der Waals surface area contributed by atoms with Crippen LogP contribution < -0.4 is 4.72 Å². The zero-order chi connectivity index (χ0) is 13.9. The van der Waals surface area contributed by atoms with E-state index in [4.69, 9.17) is 23.2 Å². The molecule has 0 amide bonds. The second kappa shape index (κ2) is 6.74. The summed E-state index contributed by atoms with van der Waals surface area (Å²) in [7, 11) is -3.55. The highest BCUT2D eigenvalue weighted by Crippen LogP contribution is 2.25. The molecule has 3 nitrogen and oxygen atoms in total. The van der Waals surface area contributed by atoms with Gasteiger partial charge in [-0.25, -0.2) is 13.1 Å². The van der Waals surface area contributed by atoms with Crippen molar-refractivity contribution in [2.24, 2.45) is 5.92 Å². The molecule has 0 aliphatic heterocycles. The predicted octanol–water partition coefficient (Wildman–Crippen LogP) is 3.73. The molecular formula is C11H14Cl2INO2S. The number of rotatable bonds is 5. The van der Waals surface area contributed by atoms with Gasteiger partial charge < -0.3 is 0 Å². The Kier molecular flexibility index (Phi) is 6.18. The summed E-state index contributed by atoms with van der Waals surface area (Å²) in [6.07, 6.45) is 0. The van der Waals surface area contributed by atoms with Crippen LogP contribution in [-0.2, 0) is 10.0 Å². The average molecular weight is 422 g/mol. The first-order valence-corrected chi connectivity index (χ1v) is 9.07. The van der Waals surface area contributed by atoms with E-state index in [2.05, 4.69) is 27.3 Å². The van der Waals surface area contributed by atoms with Crippen molar-refractivity contribution in [1.29, 1.82) is 0 Å². The molecule has 1 rings (SSSR count). The number of benzene rings is 1. The van der Waals surface area contributed by atoms with Gasteiger partial charge in [-0.15, -0.1) is 0 Å². The number of sulfonamides is 1. The van der Waals surface area contributed by atoms with Crippen molar-refractivity contribution in [2.75, 3.05) is 4.43 Å². The molecule has 102 valence electrons. The van der Waals surface area contributed by atoms with E-state index < -0.39 is 10.0 Å². The van der Waals surface area contributed by atoms with Gasteiger partial charge in [-0.2, -0.15) is 0 Å². The molecule has 0 saturated heterocycles. The van der Waals surface area contributed by atoms with E-state index in [1.54, 1.807) is 0 Å². The van der Waals surface area contributed by atoms with Gasteiger partial charge in [-0.3, -0.25) is 0 Å². The summed E-state index contributed by atoms with van der Waals surface area (Å²) in [4.78, 5) is 0.132. The molecule has 0 spiro atoms. The second-order valence-electron chi connectivity index (χ2n) is 4.20. The Hall–Kier alpha value is 0.440. The van der Waals surface area contributed by atoms with Crippen LogP contribution in [-0.4, -0.2) is 18.9 Å². The molecule has 18 heavy (non-hydrogen) atoms. The maximum atomic E-state index is 12.2.